The number of carboxylic acids is 1. The normalized spacial score (nSPS) is 18.0. The molecule has 70 heavy (non-hydrogen) atoms. The number of hydrogen-bond acceptors (Lipinski definition) is 11. The number of phenols is 2. The van der Waals surface area contributed by atoms with Gasteiger partial charge in [0, 0.05) is 38.9 Å². The number of likely N-dealkylation sites (tertiary alicyclic amines) is 1. The second kappa shape index (κ2) is 24.9. The summed E-state index contributed by atoms with van der Waals surface area (Å²) in [5, 5.41) is 41.5. The lowest BCUT2D eigenvalue weighted by Crippen LogP contribution is -2.63. The molecule has 20 heteroatoms. The molecule has 2 aliphatic rings. The van der Waals surface area contributed by atoms with E-state index in [1.807, 2.05) is 6.92 Å². The predicted molar refractivity (Wildman–Crippen MR) is 260 cm³/mol. The number of aliphatic imine (C=N–C) groups is 1. The Hall–Kier alpha value is -7.22. The van der Waals surface area contributed by atoms with Gasteiger partial charge in [0.1, 0.15) is 47.8 Å². The van der Waals surface area contributed by atoms with Gasteiger partial charge in [0.05, 0.1) is 6.04 Å². The third-order valence-electron chi connectivity index (χ3n) is 13.0. The number of benzene rings is 3. The van der Waals surface area contributed by atoms with E-state index in [-0.39, 0.29) is 69.2 Å². The van der Waals surface area contributed by atoms with Gasteiger partial charge < -0.3 is 63.6 Å². The number of carboxylic acid groups (broad SMARTS) is 1. The van der Waals surface area contributed by atoms with E-state index in [4.69, 9.17) is 17.2 Å². The first-order chi connectivity index (χ1) is 33.3. The Kier molecular flexibility index (Phi) is 19.1. The molecule has 3 aromatic rings. The van der Waals surface area contributed by atoms with Crippen molar-refractivity contribution in [2.24, 2.45) is 34.0 Å². The van der Waals surface area contributed by atoms with E-state index >= 15 is 4.79 Å². The number of rotatable bonds is 22. The molecule has 1 fully saturated rings. The minimum atomic E-state index is -1.32. The van der Waals surface area contributed by atoms with E-state index in [0.29, 0.717) is 41.5 Å². The highest BCUT2D eigenvalue weighted by Crippen LogP contribution is 2.31. The standard InChI is InChI=1S/C50H68N10O10/c1-5-29(4)42(58-44(64)37(23-31-15-18-34(61)19-16-31)55-46(66)41(28(2)3)57-43(63)36(51)13-9-21-54-50(52)53)48(68)60-27-33-25-35(62)20-17-32(33)26-40(60)47(67)59-22-10-14-39(59)45(65)56-38(49(69)70)24-30-11-7-6-8-12-30/h6-8,11-12,15-20,25,28-29,36-42,61-62H,5,9-10,13-14,21-24,26-27,51H2,1-4H3,(H,55,66)(H,56,65)(H,57,63)(H,58,64)(H,69,70)(H4,52,53,54)/t29-,36-,37-,38-,39-,40-,41-,42-/m0/s1. The van der Waals surface area contributed by atoms with Crippen molar-refractivity contribution in [1.29, 1.82) is 0 Å². The molecular formula is C50H68N10O10. The summed E-state index contributed by atoms with van der Waals surface area (Å²) in [4.78, 5) is 105. The Morgan fingerprint density at radius 2 is 1.39 bits per heavy atom. The van der Waals surface area contributed by atoms with Crippen molar-refractivity contribution < 1.29 is 48.9 Å². The zero-order valence-corrected chi connectivity index (χ0v) is 40.2. The molecule has 0 unspecified atom stereocenters. The molecule has 20 nitrogen and oxygen atoms in total. The zero-order valence-electron chi connectivity index (χ0n) is 40.2. The molecule has 0 bridgehead atoms. The van der Waals surface area contributed by atoms with Crippen LogP contribution in [-0.4, -0.2) is 128 Å². The quantitative estimate of drug-likeness (QED) is 0.0381. The van der Waals surface area contributed by atoms with Crippen LogP contribution in [0.5, 0.6) is 11.5 Å². The van der Waals surface area contributed by atoms with Gasteiger partial charge >= 0.3 is 5.97 Å². The van der Waals surface area contributed by atoms with Gasteiger partial charge in [-0.25, -0.2) is 4.79 Å². The SMILES string of the molecule is CC[C@H](C)[C@H](NC(=O)[C@H](Cc1ccc(O)cc1)NC(=O)[C@@H](NC(=O)[C@@H](N)CCCN=C(N)N)C(C)C)C(=O)N1Cc2cc(O)ccc2C[C@H]1C(=O)N1CCC[C@H]1C(=O)N[C@@H](Cc1ccccc1)C(=O)O. The molecule has 0 aromatic heterocycles. The van der Waals surface area contributed by atoms with E-state index in [2.05, 4.69) is 26.3 Å². The summed E-state index contributed by atoms with van der Waals surface area (Å²) in [5.74, 6) is -6.25. The lowest BCUT2D eigenvalue weighted by molar-refractivity contribution is -0.152. The highest BCUT2D eigenvalue weighted by molar-refractivity contribution is 5.98. The number of fused-ring (bicyclic) bond motifs is 1. The molecule has 8 atom stereocenters. The van der Waals surface area contributed by atoms with Crippen LogP contribution >= 0.6 is 0 Å². The van der Waals surface area contributed by atoms with Crippen LogP contribution in [0, 0.1) is 11.8 Å². The predicted octanol–water partition coefficient (Wildman–Crippen LogP) is 0.934. The molecule has 0 spiro atoms. The lowest BCUT2D eigenvalue weighted by Gasteiger charge is -2.41. The Morgan fingerprint density at radius 1 is 0.743 bits per heavy atom. The van der Waals surface area contributed by atoms with Gasteiger partial charge in [-0.2, -0.15) is 0 Å². The van der Waals surface area contributed by atoms with Crippen LogP contribution in [0.15, 0.2) is 77.8 Å². The largest absolute Gasteiger partial charge is 0.508 e. The summed E-state index contributed by atoms with van der Waals surface area (Å²) in [5.41, 5.74) is 19.4. The third kappa shape index (κ3) is 14.4. The first kappa shape index (κ1) is 53.7. The maximum atomic E-state index is 15.2. The van der Waals surface area contributed by atoms with E-state index in [9.17, 15) is 44.1 Å². The number of aliphatic carboxylic acids is 1. The van der Waals surface area contributed by atoms with Crippen molar-refractivity contribution in [1.82, 2.24) is 31.1 Å². The van der Waals surface area contributed by atoms with Crippen molar-refractivity contribution in [3.05, 3.63) is 95.1 Å². The molecule has 378 valence electrons. The Morgan fingerprint density at radius 3 is 2.03 bits per heavy atom. The summed E-state index contributed by atoms with van der Waals surface area (Å²) in [6.07, 6.45) is 1.66. The molecule has 0 saturated carbocycles. The highest BCUT2D eigenvalue weighted by atomic mass is 16.4. The number of guanidine groups is 1. The van der Waals surface area contributed by atoms with E-state index in [0.717, 1.165) is 0 Å². The van der Waals surface area contributed by atoms with Crippen molar-refractivity contribution >= 4 is 47.4 Å². The summed E-state index contributed by atoms with van der Waals surface area (Å²) in [7, 11) is 0. The fourth-order valence-electron chi connectivity index (χ4n) is 8.74. The van der Waals surface area contributed by atoms with Gasteiger partial charge in [-0.15, -0.1) is 0 Å². The van der Waals surface area contributed by atoms with Gasteiger partial charge in [0.2, 0.25) is 35.4 Å². The number of carbonyl (C=O) groups is 7. The first-order valence-electron chi connectivity index (χ1n) is 23.8. The first-order valence-corrected chi connectivity index (χ1v) is 23.8. The number of aromatic hydroxyl groups is 2. The summed E-state index contributed by atoms with van der Waals surface area (Å²) in [6, 6.07) is 11.3. The molecule has 2 aliphatic heterocycles. The molecule has 0 radical (unpaired) electrons. The Labute approximate surface area is 407 Å². The van der Waals surface area contributed by atoms with Gasteiger partial charge in [0.25, 0.3) is 0 Å². The molecular weight excluding hydrogens is 901 g/mol. The molecule has 0 aliphatic carbocycles. The van der Waals surface area contributed by atoms with E-state index in [1.54, 1.807) is 69.3 Å². The number of nitrogens with two attached hydrogens (primary N) is 3. The van der Waals surface area contributed by atoms with E-state index in [1.165, 1.54) is 34.1 Å². The third-order valence-corrected chi connectivity index (χ3v) is 13.0. The summed E-state index contributed by atoms with van der Waals surface area (Å²) in [6.45, 7) is 7.30. The van der Waals surface area contributed by atoms with E-state index < -0.39 is 95.5 Å². The maximum Gasteiger partial charge on any atom is 0.326 e. The van der Waals surface area contributed by atoms with Gasteiger partial charge in [0.15, 0.2) is 5.96 Å². The van der Waals surface area contributed by atoms with Gasteiger partial charge in [-0.1, -0.05) is 82.6 Å². The van der Waals surface area contributed by atoms with Crippen LogP contribution in [0.4, 0.5) is 0 Å². The van der Waals surface area contributed by atoms with Gasteiger partial charge in [-0.05, 0) is 84.0 Å². The van der Waals surface area contributed by atoms with Crippen molar-refractivity contribution in [3.63, 3.8) is 0 Å². The summed E-state index contributed by atoms with van der Waals surface area (Å²) < 4.78 is 0. The number of carbonyl (C=O) groups excluding carboxylic acids is 6. The Balaban J connectivity index is 1.41. The number of nitrogens with zero attached hydrogens (tertiary/aromatic N) is 3. The van der Waals surface area contributed by atoms with Crippen LogP contribution in [0.1, 0.15) is 82.1 Å². The number of phenolic OH excluding ortho intramolecular Hbond substituents is 2. The highest BCUT2D eigenvalue weighted by Gasteiger charge is 2.45. The van der Waals surface area contributed by atoms with Crippen LogP contribution in [-0.2, 0) is 59.4 Å². The average Bonchev–Trinajstić information content (AvgIpc) is 3.83. The van der Waals surface area contributed by atoms with Crippen LogP contribution < -0.4 is 38.5 Å². The maximum absolute atomic E-state index is 15.2. The average molecular weight is 969 g/mol. The molecule has 3 aromatic carbocycles. The smallest absolute Gasteiger partial charge is 0.326 e. The number of amides is 6. The zero-order chi connectivity index (χ0) is 51.2. The molecule has 13 N–H and O–H groups in total. The second-order valence-electron chi connectivity index (χ2n) is 18.5. The van der Waals surface area contributed by atoms with Gasteiger partial charge in [-0.3, -0.25) is 33.8 Å². The molecule has 2 heterocycles. The molecule has 6 amide bonds. The number of nitrogens with one attached hydrogen (secondary N) is 4. The summed E-state index contributed by atoms with van der Waals surface area (Å²) >= 11 is 0. The fraction of sp³-hybridized carbons (Fsp3) is 0.480. The Bertz CT molecular complexity index is 2360. The molecule has 1 saturated heterocycles. The van der Waals surface area contributed by atoms with Crippen molar-refractivity contribution in [2.45, 2.75) is 128 Å². The minimum absolute atomic E-state index is 0.0136. The van der Waals surface area contributed by atoms with Crippen molar-refractivity contribution in [3.8, 4) is 11.5 Å². The lowest BCUT2D eigenvalue weighted by atomic mass is 9.90. The molecule has 5 rings (SSSR count). The van der Waals surface area contributed by atoms with Crippen molar-refractivity contribution in [2.75, 3.05) is 13.1 Å². The minimum Gasteiger partial charge on any atom is -0.508 e. The fourth-order valence-corrected chi connectivity index (χ4v) is 8.74. The second-order valence-corrected chi connectivity index (χ2v) is 18.5. The van der Waals surface area contributed by atoms with Crippen LogP contribution in [0.2, 0.25) is 0 Å². The number of hydrogen-bond donors (Lipinski definition) is 10. The van der Waals surface area contributed by atoms with Crippen LogP contribution in [0.3, 0.4) is 0 Å². The monoisotopic (exact) mass is 969 g/mol. The topological polar surface area (TPSA) is 325 Å². The van der Waals surface area contributed by atoms with Crippen LogP contribution in [0.25, 0.3) is 0 Å².